The molecule has 1 heterocycles. The Morgan fingerprint density at radius 1 is 1.16 bits per heavy atom. The molecule has 1 fully saturated rings. The first-order chi connectivity index (χ1) is 12.1. The van der Waals surface area contributed by atoms with E-state index in [1.807, 2.05) is 30.3 Å². The van der Waals surface area contributed by atoms with E-state index >= 15 is 0 Å². The van der Waals surface area contributed by atoms with Gasteiger partial charge in [-0.2, -0.15) is 0 Å². The maximum Gasteiger partial charge on any atom is 0.264 e. The number of thioether (sulfide) groups is 1. The van der Waals surface area contributed by atoms with Crippen LogP contribution in [0.2, 0.25) is 0 Å². The molecule has 0 aliphatic carbocycles. The Morgan fingerprint density at radius 3 is 2.56 bits per heavy atom. The van der Waals surface area contributed by atoms with Crippen LogP contribution in [0.25, 0.3) is 6.08 Å². The van der Waals surface area contributed by atoms with Crippen molar-refractivity contribution in [1.82, 2.24) is 5.32 Å². The summed E-state index contributed by atoms with van der Waals surface area (Å²) in [6.07, 6.45) is 2.79. The van der Waals surface area contributed by atoms with E-state index in [1.165, 1.54) is 11.8 Å². The predicted molar refractivity (Wildman–Crippen MR) is 101 cm³/mol. The quantitative estimate of drug-likeness (QED) is 0.794. The number of nitrogens with zero attached hydrogens (tertiary/aromatic N) is 1. The van der Waals surface area contributed by atoms with Crippen molar-refractivity contribution in [2.45, 2.75) is 13.3 Å². The lowest BCUT2D eigenvalue weighted by atomic mass is 10.2. The Kier molecular flexibility index (Phi) is 5.40. The second kappa shape index (κ2) is 7.90. The van der Waals surface area contributed by atoms with Crippen LogP contribution in [0, 0.1) is 0 Å². The molecule has 1 aliphatic heterocycles. The fraction of sp³-hybridized carbons (Fsp3) is 0.158. The highest BCUT2D eigenvalue weighted by Crippen LogP contribution is 2.28. The molecule has 0 bridgehead atoms. The third kappa shape index (κ3) is 4.64. The van der Waals surface area contributed by atoms with Gasteiger partial charge in [0.15, 0.2) is 5.17 Å². The average molecular weight is 354 g/mol. The summed E-state index contributed by atoms with van der Waals surface area (Å²) in [5.41, 5.74) is 1.59. The highest BCUT2D eigenvalue weighted by molar-refractivity contribution is 8.18. The van der Waals surface area contributed by atoms with Gasteiger partial charge in [0.1, 0.15) is 11.5 Å². The molecule has 2 N–H and O–H groups in total. The van der Waals surface area contributed by atoms with E-state index in [2.05, 4.69) is 17.2 Å². The molecule has 0 saturated carbocycles. The van der Waals surface area contributed by atoms with Gasteiger partial charge in [0, 0.05) is 0 Å². The molecule has 6 heteroatoms. The van der Waals surface area contributed by atoms with Gasteiger partial charge in [-0.15, -0.1) is 0 Å². The lowest BCUT2D eigenvalue weighted by Crippen LogP contribution is -2.19. The van der Waals surface area contributed by atoms with Gasteiger partial charge in [-0.1, -0.05) is 19.1 Å². The van der Waals surface area contributed by atoms with Crippen molar-refractivity contribution in [2.75, 3.05) is 6.61 Å². The molecular weight excluding hydrogens is 336 g/mol. The Bertz CT molecular complexity index is 812. The topological polar surface area (TPSA) is 70.9 Å². The summed E-state index contributed by atoms with van der Waals surface area (Å²) in [5.74, 6) is 0.829. The monoisotopic (exact) mass is 354 g/mol. The third-order valence-corrected chi connectivity index (χ3v) is 4.29. The number of hydrogen-bond donors (Lipinski definition) is 2. The van der Waals surface area contributed by atoms with Crippen LogP contribution in [0.4, 0.5) is 5.69 Å². The minimum atomic E-state index is -0.172. The lowest BCUT2D eigenvalue weighted by Gasteiger charge is -2.04. The van der Waals surface area contributed by atoms with Crippen LogP contribution in [0.3, 0.4) is 0 Å². The fourth-order valence-corrected chi connectivity index (χ4v) is 3.00. The van der Waals surface area contributed by atoms with E-state index in [1.54, 1.807) is 24.3 Å². The highest BCUT2D eigenvalue weighted by atomic mass is 32.2. The highest BCUT2D eigenvalue weighted by Gasteiger charge is 2.23. The number of carbonyl (C=O) groups is 1. The Balaban J connectivity index is 1.71. The number of phenolic OH excluding ortho intramolecular Hbond substituents is 1. The number of aliphatic imine (C=N–C) groups is 1. The molecule has 1 aliphatic rings. The van der Waals surface area contributed by atoms with Crippen LogP contribution in [-0.2, 0) is 4.79 Å². The summed E-state index contributed by atoms with van der Waals surface area (Å²) < 4.78 is 5.55. The molecular formula is C19H18N2O3S. The molecule has 25 heavy (non-hydrogen) atoms. The Hall–Kier alpha value is -2.73. The van der Waals surface area contributed by atoms with Crippen LogP contribution >= 0.6 is 11.8 Å². The van der Waals surface area contributed by atoms with E-state index in [0.717, 1.165) is 17.7 Å². The van der Waals surface area contributed by atoms with Crippen molar-refractivity contribution in [1.29, 1.82) is 0 Å². The van der Waals surface area contributed by atoms with Gasteiger partial charge in [-0.3, -0.25) is 4.79 Å². The van der Waals surface area contributed by atoms with Gasteiger partial charge in [-0.25, -0.2) is 4.99 Å². The molecule has 0 radical (unpaired) electrons. The molecule has 0 aromatic heterocycles. The van der Waals surface area contributed by atoms with E-state index in [-0.39, 0.29) is 11.7 Å². The molecule has 0 unspecified atom stereocenters. The molecule has 0 spiro atoms. The zero-order chi connectivity index (χ0) is 17.6. The second-order valence-electron chi connectivity index (χ2n) is 5.42. The number of amidine groups is 1. The van der Waals surface area contributed by atoms with Crippen molar-refractivity contribution in [3.8, 4) is 11.5 Å². The first kappa shape index (κ1) is 17.1. The number of nitrogens with one attached hydrogen (secondary N) is 1. The smallest absolute Gasteiger partial charge is 0.264 e. The molecule has 0 atom stereocenters. The summed E-state index contributed by atoms with van der Waals surface area (Å²) in [7, 11) is 0. The minimum absolute atomic E-state index is 0.172. The average Bonchev–Trinajstić information content (AvgIpc) is 2.95. The number of carbonyl (C=O) groups excluding carboxylic acids is 1. The first-order valence-corrected chi connectivity index (χ1v) is 8.77. The van der Waals surface area contributed by atoms with Gasteiger partial charge < -0.3 is 15.2 Å². The zero-order valence-corrected chi connectivity index (χ0v) is 14.5. The summed E-state index contributed by atoms with van der Waals surface area (Å²) in [5, 5.41) is 12.6. The largest absolute Gasteiger partial charge is 0.508 e. The number of rotatable bonds is 5. The van der Waals surface area contributed by atoms with E-state index < -0.39 is 0 Å². The first-order valence-electron chi connectivity index (χ1n) is 7.95. The van der Waals surface area contributed by atoms with Crippen LogP contribution in [0.15, 0.2) is 58.4 Å². The minimum Gasteiger partial charge on any atom is -0.508 e. The maximum atomic E-state index is 12.1. The molecule has 5 nitrogen and oxygen atoms in total. The van der Waals surface area contributed by atoms with Crippen molar-refractivity contribution >= 4 is 34.6 Å². The van der Waals surface area contributed by atoms with Gasteiger partial charge in [0.05, 0.1) is 17.2 Å². The standard InChI is InChI=1S/C19H18N2O3S/c1-2-11-24-16-9-3-13(4-10-16)12-17-18(23)21-19(25-17)20-14-5-7-15(22)8-6-14/h3-10,12,22H,2,11H2,1H3,(H,20,21,23)/b17-12-. The molecule has 2 aromatic rings. The van der Waals surface area contributed by atoms with Crippen molar-refractivity contribution in [3.05, 3.63) is 59.0 Å². The number of ether oxygens (including phenoxy) is 1. The van der Waals surface area contributed by atoms with E-state index in [9.17, 15) is 9.90 Å². The van der Waals surface area contributed by atoms with Crippen LogP contribution < -0.4 is 10.1 Å². The third-order valence-electron chi connectivity index (χ3n) is 3.38. The Morgan fingerprint density at radius 2 is 1.88 bits per heavy atom. The molecule has 1 amide bonds. The van der Waals surface area contributed by atoms with Crippen molar-refractivity contribution < 1.29 is 14.6 Å². The summed E-state index contributed by atoms with van der Waals surface area (Å²) in [6.45, 7) is 2.75. The maximum absolute atomic E-state index is 12.1. The zero-order valence-electron chi connectivity index (χ0n) is 13.7. The van der Waals surface area contributed by atoms with Gasteiger partial charge in [0.25, 0.3) is 5.91 Å². The number of amides is 1. The number of benzene rings is 2. The SMILES string of the molecule is CCCOc1ccc(/C=C2\SC(=Nc3ccc(O)cc3)NC2=O)cc1. The molecule has 128 valence electrons. The van der Waals surface area contributed by atoms with Crippen molar-refractivity contribution in [2.24, 2.45) is 4.99 Å². The lowest BCUT2D eigenvalue weighted by molar-refractivity contribution is -0.115. The van der Waals surface area contributed by atoms with E-state index in [0.29, 0.717) is 22.4 Å². The summed E-state index contributed by atoms with van der Waals surface area (Å²) in [6, 6.07) is 14.1. The summed E-state index contributed by atoms with van der Waals surface area (Å²) in [4.78, 5) is 17.0. The number of hydrogen-bond acceptors (Lipinski definition) is 5. The fourth-order valence-electron chi connectivity index (χ4n) is 2.16. The van der Waals surface area contributed by atoms with Gasteiger partial charge in [0.2, 0.25) is 0 Å². The van der Waals surface area contributed by atoms with Crippen LogP contribution in [0.5, 0.6) is 11.5 Å². The molecule has 2 aromatic carbocycles. The van der Waals surface area contributed by atoms with E-state index in [4.69, 9.17) is 4.74 Å². The predicted octanol–water partition coefficient (Wildman–Crippen LogP) is 4.07. The molecule has 3 rings (SSSR count). The number of phenols is 1. The van der Waals surface area contributed by atoms with Gasteiger partial charge in [-0.05, 0) is 66.2 Å². The summed E-state index contributed by atoms with van der Waals surface area (Å²) >= 11 is 1.29. The molecule has 1 saturated heterocycles. The van der Waals surface area contributed by atoms with Gasteiger partial charge >= 0.3 is 0 Å². The number of aromatic hydroxyl groups is 1. The second-order valence-corrected chi connectivity index (χ2v) is 6.45. The van der Waals surface area contributed by atoms with Crippen LogP contribution in [-0.4, -0.2) is 22.8 Å². The Labute approximate surface area is 150 Å². The van der Waals surface area contributed by atoms with Crippen LogP contribution in [0.1, 0.15) is 18.9 Å². The normalized spacial score (nSPS) is 17.1. The van der Waals surface area contributed by atoms with Crippen molar-refractivity contribution in [3.63, 3.8) is 0 Å².